The molecule has 2 aromatic carbocycles. The Hall–Kier alpha value is -2.16. The fraction of sp³-hybridized carbons (Fsp3) is 0.273. The molecule has 3 saturated heterocycles. The second-order valence-corrected chi connectivity index (χ2v) is 18.1. The van der Waals surface area contributed by atoms with Crippen molar-refractivity contribution in [3.8, 4) is 0 Å². The Morgan fingerprint density at radius 3 is 1.07 bits per heavy atom. The van der Waals surface area contributed by atoms with Crippen molar-refractivity contribution in [1.82, 2.24) is 0 Å². The first-order valence-corrected chi connectivity index (χ1v) is 17.8. The number of para-hydroxylation sites is 2. The van der Waals surface area contributed by atoms with Crippen LogP contribution in [-0.2, 0) is 19.2 Å². The average Bonchev–Trinajstić information content (AvgIpc) is 3.17. The Bertz CT molecular complexity index is 932. The van der Waals surface area contributed by atoms with Crippen LogP contribution in [0.3, 0.4) is 0 Å². The molecule has 30 heavy (non-hydrogen) atoms. The molecule has 0 spiro atoms. The van der Waals surface area contributed by atoms with E-state index in [-0.39, 0.29) is 42.5 Å². The van der Waals surface area contributed by atoms with Crippen molar-refractivity contribution in [2.24, 2.45) is 0 Å². The van der Waals surface area contributed by atoms with Gasteiger partial charge in [-0.05, 0) is 0 Å². The van der Waals surface area contributed by atoms with E-state index < -0.39 is 29.3 Å². The molecular weight excluding hydrogens is 506 g/mol. The van der Waals surface area contributed by atoms with E-state index in [2.05, 4.69) is 0 Å². The quantitative estimate of drug-likeness (QED) is 0.446. The summed E-state index contributed by atoms with van der Waals surface area (Å²) in [5.41, 5.74) is 5.17. The molecule has 3 aliphatic heterocycles. The van der Waals surface area contributed by atoms with E-state index in [1.54, 1.807) is 48.5 Å². The molecular formula is C22H20As2N2O4. The van der Waals surface area contributed by atoms with E-state index >= 15 is 0 Å². The number of amides is 4. The van der Waals surface area contributed by atoms with Gasteiger partial charge < -0.3 is 0 Å². The molecule has 3 heterocycles. The van der Waals surface area contributed by atoms with Gasteiger partial charge in [-0.25, -0.2) is 0 Å². The number of hydrogen-bond acceptors (Lipinski definition) is 4. The molecule has 4 unspecified atom stereocenters. The molecule has 6 nitrogen and oxygen atoms in total. The number of hydrogen-bond donors (Lipinski definition) is 0. The second kappa shape index (κ2) is 7.21. The molecule has 4 atom stereocenters. The zero-order valence-electron chi connectivity index (χ0n) is 16.5. The topological polar surface area (TPSA) is 74.8 Å². The fourth-order valence-electron chi connectivity index (χ4n) is 4.88. The van der Waals surface area contributed by atoms with Crippen LogP contribution in [0.5, 0.6) is 0 Å². The van der Waals surface area contributed by atoms with Crippen LogP contribution in [-0.4, -0.2) is 52.9 Å². The predicted octanol–water partition coefficient (Wildman–Crippen LogP) is 2.88. The molecule has 3 fully saturated rings. The minimum absolute atomic E-state index is 0.170. The van der Waals surface area contributed by atoms with Crippen LogP contribution in [0, 0.1) is 0 Å². The van der Waals surface area contributed by atoms with Gasteiger partial charge >= 0.3 is 184 Å². The number of imide groups is 2. The van der Waals surface area contributed by atoms with Gasteiger partial charge in [0.15, 0.2) is 0 Å². The van der Waals surface area contributed by atoms with Crippen LogP contribution in [0.1, 0.15) is 0 Å². The number of nitrogens with zero attached hydrogens (tertiary/aromatic N) is 2. The third-order valence-electron chi connectivity index (χ3n) is 6.28. The summed E-state index contributed by atoms with van der Waals surface area (Å²) in [5, 5.41) is 0. The van der Waals surface area contributed by atoms with Gasteiger partial charge in [-0.3, -0.25) is 0 Å². The summed E-state index contributed by atoms with van der Waals surface area (Å²) in [6, 6.07) is 18.0. The van der Waals surface area contributed by atoms with Gasteiger partial charge in [-0.1, -0.05) is 0 Å². The van der Waals surface area contributed by atoms with E-state index in [1.807, 2.05) is 23.6 Å². The first-order chi connectivity index (χ1) is 14.4. The SMILES string of the molecule is C[As]1C2C(=O)N(c3ccccc3)C(=O)C2[As](C)C2C(=O)N(c3ccccc3)C(=O)C21. The molecule has 2 aromatic rings. The molecule has 4 amide bonds. The summed E-state index contributed by atoms with van der Waals surface area (Å²) in [7, 11) is 0. The van der Waals surface area contributed by atoms with E-state index in [4.69, 9.17) is 0 Å². The third-order valence-corrected chi connectivity index (χ3v) is 20.2. The van der Waals surface area contributed by atoms with Gasteiger partial charge in [-0.2, -0.15) is 0 Å². The second-order valence-electron chi connectivity index (χ2n) is 7.81. The predicted molar refractivity (Wildman–Crippen MR) is 116 cm³/mol. The van der Waals surface area contributed by atoms with Gasteiger partial charge in [0.25, 0.3) is 0 Å². The van der Waals surface area contributed by atoms with Crippen molar-refractivity contribution in [2.75, 3.05) is 9.80 Å². The van der Waals surface area contributed by atoms with E-state index in [1.165, 1.54) is 9.80 Å². The summed E-state index contributed by atoms with van der Waals surface area (Å²) in [4.78, 5) is 56.2. The van der Waals surface area contributed by atoms with Crippen LogP contribution in [0.2, 0.25) is 30.2 Å². The third kappa shape index (κ3) is 2.63. The molecule has 152 valence electrons. The molecule has 8 heteroatoms. The van der Waals surface area contributed by atoms with Crippen LogP contribution in [0.25, 0.3) is 0 Å². The van der Waals surface area contributed by atoms with Crippen molar-refractivity contribution < 1.29 is 19.2 Å². The fourth-order valence-corrected chi connectivity index (χ4v) is 24.2. The van der Waals surface area contributed by atoms with Gasteiger partial charge in [0.05, 0.1) is 0 Å². The van der Waals surface area contributed by atoms with Crippen LogP contribution >= 0.6 is 0 Å². The zero-order valence-corrected chi connectivity index (χ0v) is 20.3. The monoisotopic (exact) mass is 526 g/mol. The zero-order chi connectivity index (χ0) is 21.2. The van der Waals surface area contributed by atoms with Crippen molar-refractivity contribution >= 4 is 64.3 Å². The first-order valence-electron chi connectivity index (χ1n) is 9.73. The summed E-state index contributed by atoms with van der Waals surface area (Å²) >= 11 is -4.29. The average molecular weight is 526 g/mol. The van der Waals surface area contributed by atoms with Crippen molar-refractivity contribution in [3.05, 3.63) is 60.7 Å². The molecule has 0 aliphatic carbocycles. The molecule has 0 saturated carbocycles. The van der Waals surface area contributed by atoms with Gasteiger partial charge in [0.1, 0.15) is 0 Å². The Morgan fingerprint density at radius 1 is 0.533 bits per heavy atom. The number of benzene rings is 2. The van der Waals surface area contributed by atoms with Gasteiger partial charge in [0.2, 0.25) is 0 Å². The Balaban J connectivity index is 1.55. The summed E-state index contributed by atoms with van der Waals surface area (Å²) in [6.07, 6.45) is 0. The number of rotatable bonds is 2. The molecule has 0 aromatic heterocycles. The van der Waals surface area contributed by atoms with Crippen molar-refractivity contribution in [1.29, 1.82) is 0 Å². The first kappa shape index (κ1) is 19.8. The Labute approximate surface area is 183 Å². The minimum atomic E-state index is -2.14. The normalized spacial score (nSPS) is 33.1. The maximum absolute atomic E-state index is 13.4. The maximum atomic E-state index is 13.4. The molecule has 0 radical (unpaired) electrons. The number of carbonyl (C=O) groups excluding carboxylic acids is 4. The summed E-state index contributed by atoms with van der Waals surface area (Å²) in [5.74, 6) is -0.679. The molecule has 5 rings (SSSR count). The molecule has 0 bridgehead atoms. The molecule has 0 N–H and O–H groups in total. The van der Waals surface area contributed by atoms with E-state index in [0.717, 1.165) is 0 Å². The van der Waals surface area contributed by atoms with Crippen molar-refractivity contribution in [3.63, 3.8) is 0 Å². The van der Waals surface area contributed by atoms with Gasteiger partial charge in [-0.15, -0.1) is 0 Å². The number of anilines is 2. The Kier molecular flexibility index (Phi) is 4.76. The van der Waals surface area contributed by atoms with Crippen molar-refractivity contribution in [2.45, 2.75) is 30.2 Å². The van der Waals surface area contributed by atoms with Crippen LogP contribution in [0.15, 0.2) is 60.7 Å². The Morgan fingerprint density at radius 2 is 0.800 bits per heavy atom. The molecule has 3 aliphatic rings. The van der Waals surface area contributed by atoms with Gasteiger partial charge in [0, 0.05) is 0 Å². The van der Waals surface area contributed by atoms with Crippen LogP contribution < -0.4 is 9.80 Å². The standard InChI is InChI=1S/C22H20As2N2O4/c1-23-15-17(21(29)25(19(15)27)13-9-5-3-6-10-13)24(2)18-16(23)20(28)26(22(18)30)14-11-7-4-8-12-14/h3-12,15-18H,1-2H3. The van der Waals surface area contributed by atoms with E-state index in [9.17, 15) is 19.2 Å². The number of fused-ring (bicyclic) bond motifs is 2. The number of carbonyl (C=O) groups is 4. The summed E-state index contributed by atoms with van der Waals surface area (Å²) < 4.78 is -1.54. The van der Waals surface area contributed by atoms with E-state index in [0.29, 0.717) is 11.4 Å². The summed E-state index contributed by atoms with van der Waals surface area (Å²) in [6.45, 7) is 0. The van der Waals surface area contributed by atoms with Crippen LogP contribution in [0.4, 0.5) is 11.4 Å².